The van der Waals surface area contributed by atoms with Gasteiger partial charge in [-0.15, -0.1) is 0 Å². The van der Waals surface area contributed by atoms with Crippen LogP contribution in [0.25, 0.3) is 0 Å². The van der Waals surface area contributed by atoms with Gasteiger partial charge in [-0.05, 0) is 27.0 Å². The third-order valence-electron chi connectivity index (χ3n) is 2.69. The van der Waals surface area contributed by atoms with Crippen LogP contribution in [0.4, 0.5) is 13.6 Å². The van der Waals surface area contributed by atoms with Gasteiger partial charge in [0.1, 0.15) is 11.4 Å². The fourth-order valence-corrected chi connectivity index (χ4v) is 2.26. The first-order chi connectivity index (χ1) is 9.59. The fourth-order valence-electron chi connectivity index (χ4n) is 1.99. The summed E-state index contributed by atoms with van der Waals surface area (Å²) in [6.07, 6.45) is 0.0576. The van der Waals surface area contributed by atoms with Crippen LogP contribution in [0.2, 0.25) is 0 Å². The van der Waals surface area contributed by atoms with Crippen molar-refractivity contribution in [1.29, 1.82) is 0 Å². The number of halogens is 3. The summed E-state index contributed by atoms with van der Waals surface area (Å²) in [5.74, 6) is -2.72. The molecule has 5 nitrogen and oxygen atoms in total. The molecule has 0 unspecified atom stereocenters. The highest BCUT2D eigenvalue weighted by Gasteiger charge is 2.50. The van der Waals surface area contributed by atoms with Gasteiger partial charge >= 0.3 is 6.09 Å². The number of hydrogen-bond acceptors (Lipinski definition) is 3. The Bertz CT molecular complexity index is 436. The topological polar surface area (TPSA) is 53.9 Å². The van der Waals surface area contributed by atoms with Crippen molar-refractivity contribution in [2.75, 3.05) is 12.0 Å². The van der Waals surface area contributed by atoms with Crippen molar-refractivity contribution in [3.8, 4) is 0 Å². The lowest BCUT2D eigenvalue weighted by atomic mass is 10.1. The lowest BCUT2D eigenvalue weighted by molar-refractivity contribution is -0.00210. The van der Waals surface area contributed by atoms with Crippen molar-refractivity contribution >= 4 is 27.9 Å². The summed E-state index contributed by atoms with van der Waals surface area (Å²) in [6.45, 7) is 7.85. The van der Waals surface area contributed by atoms with E-state index >= 15 is 0 Å². The monoisotopic (exact) mass is 367 g/mol. The first-order valence-corrected chi connectivity index (χ1v) is 7.57. The van der Waals surface area contributed by atoms with E-state index in [1.54, 1.807) is 20.8 Å². The van der Waals surface area contributed by atoms with Crippen LogP contribution in [0.15, 0.2) is 17.8 Å². The van der Waals surface area contributed by atoms with Crippen LogP contribution >= 0.6 is 15.9 Å². The largest absolute Gasteiger partial charge is 0.444 e. The Morgan fingerprint density at radius 2 is 2.24 bits per heavy atom. The van der Waals surface area contributed by atoms with Gasteiger partial charge in [0.2, 0.25) is 0 Å². The maximum Gasteiger partial charge on any atom is 0.411 e. The molecule has 0 aromatic carbocycles. The molecule has 1 aliphatic rings. The second kappa shape index (κ2) is 6.72. The SMILES string of the molecule is C=CNC(=NCBr)[C@@H]1CC(F)(F)CN1C(=O)OC(C)(C)C. The summed E-state index contributed by atoms with van der Waals surface area (Å²) in [5, 5.41) is 2.71. The molecular weight excluding hydrogens is 348 g/mol. The third-order valence-corrected chi connectivity index (χ3v) is 2.94. The minimum Gasteiger partial charge on any atom is -0.444 e. The molecule has 1 amide bonds. The number of rotatable bonds is 3. The number of hydrogen-bond donors (Lipinski definition) is 1. The summed E-state index contributed by atoms with van der Waals surface area (Å²) in [5.41, 5.74) is -0.522. The van der Waals surface area contributed by atoms with E-state index in [1.807, 2.05) is 0 Å². The van der Waals surface area contributed by atoms with Gasteiger partial charge in [0.25, 0.3) is 5.92 Å². The summed E-state index contributed by atoms with van der Waals surface area (Å²) in [6, 6.07) is -0.870. The van der Waals surface area contributed by atoms with E-state index in [0.29, 0.717) is 0 Å². The molecule has 120 valence electrons. The van der Waals surface area contributed by atoms with E-state index in [2.05, 4.69) is 32.8 Å². The average molecular weight is 368 g/mol. The summed E-state index contributed by atoms with van der Waals surface area (Å²) in [4.78, 5) is 17.2. The van der Waals surface area contributed by atoms with Crippen molar-refractivity contribution in [2.24, 2.45) is 4.99 Å². The second-order valence-corrected chi connectivity index (χ2v) is 6.20. The number of nitrogens with zero attached hydrogens (tertiary/aromatic N) is 2. The Morgan fingerprint density at radius 3 is 2.71 bits per heavy atom. The molecular formula is C13H20BrF2N3O2. The Balaban J connectivity index is 3.00. The van der Waals surface area contributed by atoms with Crippen molar-refractivity contribution in [3.63, 3.8) is 0 Å². The zero-order valence-electron chi connectivity index (χ0n) is 12.3. The second-order valence-electron chi connectivity index (χ2n) is 5.70. The van der Waals surface area contributed by atoms with Crippen LogP contribution in [0, 0.1) is 0 Å². The predicted octanol–water partition coefficient (Wildman–Crippen LogP) is 3.12. The Hall–Kier alpha value is -1.18. The number of amidine groups is 1. The molecule has 0 bridgehead atoms. The molecule has 1 aliphatic heterocycles. The van der Waals surface area contributed by atoms with Crippen molar-refractivity contribution in [1.82, 2.24) is 10.2 Å². The Labute approximate surface area is 131 Å². The number of ether oxygens (including phenoxy) is 1. The molecule has 0 saturated carbocycles. The van der Waals surface area contributed by atoms with E-state index in [4.69, 9.17) is 4.74 Å². The molecule has 0 aliphatic carbocycles. The van der Waals surface area contributed by atoms with Crippen LogP contribution in [-0.4, -0.2) is 46.4 Å². The van der Waals surface area contributed by atoms with E-state index in [9.17, 15) is 13.6 Å². The number of nitrogens with one attached hydrogen (secondary N) is 1. The van der Waals surface area contributed by atoms with Gasteiger partial charge in [-0.3, -0.25) is 9.89 Å². The van der Waals surface area contributed by atoms with E-state index in [-0.39, 0.29) is 11.3 Å². The van der Waals surface area contributed by atoms with E-state index in [0.717, 1.165) is 4.90 Å². The van der Waals surface area contributed by atoms with Crippen LogP contribution < -0.4 is 5.32 Å². The van der Waals surface area contributed by atoms with Gasteiger partial charge in [-0.2, -0.15) is 0 Å². The molecule has 1 atom stereocenters. The number of alkyl halides is 3. The minimum atomic E-state index is -2.97. The van der Waals surface area contributed by atoms with Crippen molar-refractivity contribution in [3.05, 3.63) is 12.8 Å². The lowest BCUT2D eigenvalue weighted by Gasteiger charge is -2.28. The first-order valence-electron chi connectivity index (χ1n) is 6.45. The van der Waals surface area contributed by atoms with E-state index in [1.165, 1.54) is 6.20 Å². The molecule has 0 aromatic rings. The molecule has 8 heteroatoms. The molecule has 21 heavy (non-hydrogen) atoms. The molecule has 1 heterocycles. The molecule has 1 rings (SSSR count). The lowest BCUT2D eigenvalue weighted by Crippen LogP contribution is -2.46. The molecule has 1 saturated heterocycles. The predicted molar refractivity (Wildman–Crippen MR) is 80.9 cm³/mol. The van der Waals surface area contributed by atoms with E-state index < -0.39 is 36.6 Å². The zero-order chi connectivity index (χ0) is 16.3. The molecule has 0 spiro atoms. The number of likely N-dealkylation sites (tertiary alicyclic amines) is 1. The first kappa shape index (κ1) is 17.9. The molecule has 1 N–H and O–H groups in total. The zero-order valence-corrected chi connectivity index (χ0v) is 13.9. The van der Waals surface area contributed by atoms with Crippen LogP contribution in [0.3, 0.4) is 0 Å². The molecule has 1 fully saturated rings. The minimum absolute atomic E-state index is 0.230. The van der Waals surface area contributed by atoms with Gasteiger partial charge in [-0.1, -0.05) is 22.5 Å². The van der Waals surface area contributed by atoms with Gasteiger partial charge < -0.3 is 10.1 Å². The van der Waals surface area contributed by atoms with Gasteiger partial charge in [0.15, 0.2) is 0 Å². The summed E-state index contributed by atoms with van der Waals surface area (Å²) >= 11 is 3.12. The van der Waals surface area contributed by atoms with Gasteiger partial charge in [-0.25, -0.2) is 13.6 Å². The molecule has 0 aromatic heterocycles. The van der Waals surface area contributed by atoms with Gasteiger partial charge in [0.05, 0.1) is 18.0 Å². The summed E-state index contributed by atoms with van der Waals surface area (Å²) < 4.78 is 32.6. The Morgan fingerprint density at radius 1 is 1.62 bits per heavy atom. The quantitative estimate of drug-likeness (QED) is 0.361. The number of aliphatic imine (C=N–C) groups is 1. The van der Waals surface area contributed by atoms with Gasteiger partial charge in [0, 0.05) is 6.42 Å². The highest BCUT2D eigenvalue weighted by molar-refractivity contribution is 9.09. The summed E-state index contributed by atoms with van der Waals surface area (Å²) in [7, 11) is 0. The highest BCUT2D eigenvalue weighted by atomic mass is 79.9. The van der Waals surface area contributed by atoms with Crippen molar-refractivity contribution < 1.29 is 18.3 Å². The van der Waals surface area contributed by atoms with Crippen LogP contribution in [-0.2, 0) is 4.74 Å². The fraction of sp³-hybridized carbons (Fsp3) is 0.692. The number of carbonyl (C=O) groups is 1. The van der Waals surface area contributed by atoms with Crippen LogP contribution in [0.5, 0.6) is 0 Å². The third kappa shape index (κ3) is 5.26. The number of carbonyl (C=O) groups excluding carboxylic acids is 1. The highest BCUT2D eigenvalue weighted by Crippen LogP contribution is 2.33. The van der Waals surface area contributed by atoms with Crippen molar-refractivity contribution in [2.45, 2.75) is 44.8 Å². The standard InChI is InChI=1S/C13H20BrF2N3O2/c1-5-17-10(18-8-14)9-6-13(15,16)7-19(9)11(20)21-12(2,3)4/h5,9H,1,6-8H2,2-4H3,(H,17,18)/t9-/m0/s1. The average Bonchev–Trinajstić information content (AvgIpc) is 2.63. The Kier molecular flexibility index (Phi) is 5.72. The smallest absolute Gasteiger partial charge is 0.411 e. The molecule has 0 radical (unpaired) electrons. The maximum atomic E-state index is 13.7. The normalized spacial score (nSPS) is 22.1. The number of amides is 1. The maximum absolute atomic E-state index is 13.7. The van der Waals surface area contributed by atoms with Crippen LogP contribution in [0.1, 0.15) is 27.2 Å².